The second-order valence-electron chi connectivity index (χ2n) is 9.13. The van der Waals surface area contributed by atoms with Crippen LogP contribution >= 0.6 is 0 Å². The highest BCUT2D eigenvalue weighted by atomic mass is 32.2. The second-order valence-corrected chi connectivity index (χ2v) is 11.6. The van der Waals surface area contributed by atoms with Crippen LogP contribution in [0.3, 0.4) is 0 Å². The van der Waals surface area contributed by atoms with Gasteiger partial charge in [-0.05, 0) is 53.5 Å². The van der Waals surface area contributed by atoms with Crippen molar-refractivity contribution in [3.05, 3.63) is 59.2 Å². The first-order chi connectivity index (χ1) is 12.7. The Balaban J connectivity index is 1.60. The molecule has 142 valence electrons. The predicted octanol–water partition coefficient (Wildman–Crippen LogP) is 4.31. The number of hydrogen-bond acceptors (Lipinski definition) is 3. The van der Waals surface area contributed by atoms with Crippen LogP contribution in [0.25, 0.3) is 11.1 Å². The fraction of sp³-hybridized carbons (Fsp3) is 0.478. The van der Waals surface area contributed by atoms with Crippen molar-refractivity contribution >= 4 is 9.84 Å². The maximum absolute atomic E-state index is 12.6. The first-order valence-electron chi connectivity index (χ1n) is 9.93. The van der Waals surface area contributed by atoms with Gasteiger partial charge in [-0.1, -0.05) is 62.7 Å². The smallest absolute Gasteiger partial charge is 0.156 e. The lowest BCUT2D eigenvalue weighted by Crippen LogP contribution is -2.50. The Hall–Kier alpha value is -1.65. The molecule has 2 fully saturated rings. The SMILES string of the molecule is CC1(C)c2ccccc2-c2ccc(C3(O)CC4CCCC(C3)S4(=O)=O)cc21. The van der Waals surface area contributed by atoms with E-state index in [0.717, 1.165) is 12.0 Å². The Kier molecular flexibility index (Phi) is 3.52. The van der Waals surface area contributed by atoms with E-state index in [1.807, 2.05) is 6.07 Å². The molecular weight excluding hydrogens is 356 g/mol. The van der Waals surface area contributed by atoms with Gasteiger partial charge in [-0.15, -0.1) is 0 Å². The topological polar surface area (TPSA) is 54.4 Å². The van der Waals surface area contributed by atoms with Gasteiger partial charge in [-0.3, -0.25) is 0 Å². The third-order valence-electron chi connectivity index (χ3n) is 7.23. The zero-order valence-corrected chi connectivity index (χ0v) is 16.7. The standard InChI is InChI=1S/C23H26O3S/c1-22(2)20-9-4-3-8-18(20)19-11-10-15(12-21(19)22)23(24)13-16-6-5-7-17(14-23)27(16,25)26/h3-4,8-12,16-17,24H,5-7,13-14H2,1-2H3. The van der Waals surface area contributed by atoms with Crippen molar-refractivity contribution < 1.29 is 13.5 Å². The predicted molar refractivity (Wildman–Crippen MR) is 107 cm³/mol. The molecule has 2 aromatic rings. The highest BCUT2D eigenvalue weighted by Gasteiger charge is 2.51. The van der Waals surface area contributed by atoms with Crippen molar-refractivity contribution in [3.8, 4) is 11.1 Å². The third-order valence-corrected chi connectivity index (χ3v) is 9.90. The maximum atomic E-state index is 12.6. The van der Waals surface area contributed by atoms with Crippen LogP contribution in [-0.2, 0) is 20.9 Å². The summed E-state index contributed by atoms with van der Waals surface area (Å²) in [4.78, 5) is 0. The molecule has 0 saturated carbocycles. The van der Waals surface area contributed by atoms with E-state index in [2.05, 4.69) is 50.2 Å². The molecule has 4 heteroatoms. The monoisotopic (exact) mass is 382 g/mol. The van der Waals surface area contributed by atoms with Crippen molar-refractivity contribution in [1.29, 1.82) is 0 Å². The van der Waals surface area contributed by atoms with Gasteiger partial charge in [-0.25, -0.2) is 8.42 Å². The van der Waals surface area contributed by atoms with Gasteiger partial charge in [0, 0.05) is 5.41 Å². The van der Waals surface area contributed by atoms with Crippen LogP contribution in [0.15, 0.2) is 42.5 Å². The van der Waals surface area contributed by atoms with E-state index in [-0.39, 0.29) is 5.41 Å². The normalized spacial score (nSPS) is 32.6. The molecule has 3 aliphatic rings. The van der Waals surface area contributed by atoms with Gasteiger partial charge in [-0.2, -0.15) is 0 Å². The fourth-order valence-corrected chi connectivity index (χ4v) is 8.23. The average Bonchev–Trinajstić information content (AvgIpc) is 2.84. The molecule has 0 radical (unpaired) electrons. The molecule has 3 nitrogen and oxygen atoms in total. The van der Waals surface area contributed by atoms with E-state index in [4.69, 9.17) is 0 Å². The summed E-state index contributed by atoms with van der Waals surface area (Å²) in [5, 5.41) is 10.7. The van der Waals surface area contributed by atoms with Crippen LogP contribution in [-0.4, -0.2) is 24.0 Å². The Labute approximate surface area is 161 Å². The van der Waals surface area contributed by atoms with Gasteiger partial charge in [0.1, 0.15) is 0 Å². The number of sulfone groups is 1. The number of benzene rings is 2. The molecular formula is C23H26O3S. The minimum absolute atomic E-state index is 0.116. The zero-order chi connectivity index (χ0) is 19.0. The van der Waals surface area contributed by atoms with Gasteiger partial charge in [0.25, 0.3) is 0 Å². The van der Waals surface area contributed by atoms with Crippen molar-refractivity contribution in [3.63, 3.8) is 0 Å². The molecule has 27 heavy (non-hydrogen) atoms. The molecule has 2 aliphatic heterocycles. The Morgan fingerprint density at radius 1 is 0.926 bits per heavy atom. The van der Waals surface area contributed by atoms with E-state index in [9.17, 15) is 13.5 Å². The van der Waals surface area contributed by atoms with Gasteiger partial charge in [0.15, 0.2) is 9.84 Å². The molecule has 1 aliphatic carbocycles. The van der Waals surface area contributed by atoms with E-state index >= 15 is 0 Å². The number of fused-ring (bicyclic) bond motifs is 5. The minimum atomic E-state index is -3.08. The van der Waals surface area contributed by atoms with Gasteiger partial charge < -0.3 is 5.11 Å². The van der Waals surface area contributed by atoms with Crippen molar-refractivity contribution in [2.75, 3.05) is 0 Å². The molecule has 2 heterocycles. The summed E-state index contributed by atoms with van der Waals surface area (Å²) in [5.74, 6) is 0. The van der Waals surface area contributed by atoms with Crippen molar-refractivity contribution in [2.24, 2.45) is 0 Å². The molecule has 2 unspecified atom stereocenters. The Morgan fingerprint density at radius 3 is 2.26 bits per heavy atom. The van der Waals surface area contributed by atoms with Gasteiger partial charge in [0.2, 0.25) is 0 Å². The summed E-state index contributed by atoms with van der Waals surface area (Å²) in [5.41, 5.74) is 4.76. The van der Waals surface area contributed by atoms with Crippen molar-refractivity contribution in [1.82, 2.24) is 0 Å². The number of rotatable bonds is 1. The number of hydrogen-bond donors (Lipinski definition) is 1. The molecule has 0 aromatic heterocycles. The van der Waals surface area contributed by atoms with E-state index in [0.29, 0.717) is 25.7 Å². The Bertz CT molecular complexity index is 1020. The summed E-state index contributed by atoms with van der Waals surface area (Å²) >= 11 is 0. The van der Waals surface area contributed by atoms with Gasteiger partial charge in [0.05, 0.1) is 16.1 Å². The van der Waals surface area contributed by atoms with E-state index in [1.54, 1.807) is 0 Å². The average molecular weight is 383 g/mol. The largest absolute Gasteiger partial charge is 0.385 e. The molecule has 2 saturated heterocycles. The minimum Gasteiger partial charge on any atom is -0.385 e. The second kappa shape index (κ2) is 5.45. The van der Waals surface area contributed by atoms with E-state index in [1.165, 1.54) is 22.3 Å². The van der Waals surface area contributed by atoms with Crippen molar-refractivity contribution in [2.45, 2.75) is 67.5 Å². The maximum Gasteiger partial charge on any atom is 0.156 e. The van der Waals surface area contributed by atoms with Crippen LogP contribution < -0.4 is 0 Å². The summed E-state index contributed by atoms with van der Waals surface area (Å²) in [7, 11) is -3.08. The number of aliphatic hydroxyl groups is 1. The molecule has 2 bridgehead atoms. The third kappa shape index (κ3) is 2.32. The summed E-state index contributed by atoms with van der Waals surface area (Å²) in [6.45, 7) is 4.46. The van der Waals surface area contributed by atoms with Gasteiger partial charge >= 0.3 is 0 Å². The lowest BCUT2D eigenvalue weighted by Gasteiger charge is -2.44. The summed E-state index contributed by atoms with van der Waals surface area (Å²) in [6.07, 6.45) is 2.99. The molecule has 0 amide bonds. The lowest BCUT2D eigenvalue weighted by molar-refractivity contribution is 0.00493. The molecule has 5 rings (SSSR count). The first-order valence-corrected chi connectivity index (χ1v) is 11.5. The highest BCUT2D eigenvalue weighted by Crippen LogP contribution is 2.51. The molecule has 0 spiro atoms. The highest BCUT2D eigenvalue weighted by molar-refractivity contribution is 7.92. The summed E-state index contributed by atoms with van der Waals surface area (Å²) < 4.78 is 25.3. The lowest BCUT2D eigenvalue weighted by atomic mass is 9.77. The quantitative estimate of drug-likeness (QED) is 0.800. The Morgan fingerprint density at radius 2 is 1.56 bits per heavy atom. The van der Waals surface area contributed by atoms with Crippen LogP contribution in [0.2, 0.25) is 0 Å². The van der Waals surface area contributed by atoms with Crippen LogP contribution in [0, 0.1) is 0 Å². The molecule has 2 atom stereocenters. The van der Waals surface area contributed by atoms with Crippen LogP contribution in [0.4, 0.5) is 0 Å². The zero-order valence-electron chi connectivity index (χ0n) is 15.9. The first kappa shape index (κ1) is 17.4. The fourth-order valence-electron chi connectivity index (χ4n) is 5.68. The summed E-state index contributed by atoms with van der Waals surface area (Å²) in [6, 6.07) is 14.8. The van der Waals surface area contributed by atoms with E-state index < -0.39 is 25.9 Å². The molecule has 1 N–H and O–H groups in total. The van der Waals surface area contributed by atoms with Crippen LogP contribution in [0.5, 0.6) is 0 Å². The van der Waals surface area contributed by atoms with Crippen LogP contribution in [0.1, 0.15) is 62.6 Å². The molecule has 2 aromatic carbocycles.